The van der Waals surface area contributed by atoms with E-state index in [0.29, 0.717) is 5.69 Å². The van der Waals surface area contributed by atoms with E-state index in [1.54, 1.807) is 24.4 Å². The number of halogens is 3. The molecule has 0 bridgehead atoms. The monoisotopic (exact) mass is 525 g/mol. The van der Waals surface area contributed by atoms with Crippen LogP contribution in [0.5, 0.6) is 0 Å². The molecule has 8 nitrogen and oxygen atoms in total. The molecule has 1 aliphatic rings. The van der Waals surface area contributed by atoms with E-state index in [9.17, 15) is 27.6 Å². The van der Waals surface area contributed by atoms with Crippen LogP contribution in [0, 0.1) is 0 Å². The van der Waals surface area contributed by atoms with Crippen molar-refractivity contribution < 1.29 is 27.6 Å². The van der Waals surface area contributed by atoms with Crippen molar-refractivity contribution in [2.45, 2.75) is 25.2 Å². The lowest BCUT2D eigenvalue weighted by Gasteiger charge is -2.40. The number of rotatable bonds is 6. The Bertz CT molecular complexity index is 1250. The van der Waals surface area contributed by atoms with Crippen molar-refractivity contribution in [1.82, 2.24) is 20.1 Å². The van der Waals surface area contributed by atoms with E-state index in [2.05, 4.69) is 15.6 Å². The molecule has 1 aromatic heterocycles. The van der Waals surface area contributed by atoms with E-state index < -0.39 is 29.7 Å². The predicted octanol–water partition coefficient (Wildman–Crippen LogP) is 3.70. The van der Waals surface area contributed by atoms with Gasteiger partial charge < -0.3 is 20.4 Å². The van der Waals surface area contributed by atoms with E-state index in [0.717, 1.165) is 29.8 Å². The van der Waals surface area contributed by atoms with Crippen LogP contribution in [0.2, 0.25) is 0 Å². The van der Waals surface area contributed by atoms with Crippen LogP contribution in [0.4, 0.5) is 23.7 Å². The number of nitrogens with one attached hydrogen (secondary N) is 2. The average molecular weight is 526 g/mol. The first kappa shape index (κ1) is 26.6. The molecular formula is C27H26F3N5O3. The minimum Gasteiger partial charge on any atom is -0.349 e. The van der Waals surface area contributed by atoms with Gasteiger partial charge in [0.1, 0.15) is 6.04 Å². The van der Waals surface area contributed by atoms with Crippen LogP contribution in [0.1, 0.15) is 16.8 Å². The maximum absolute atomic E-state index is 13.2. The molecule has 1 atom stereocenters. The Morgan fingerprint density at radius 2 is 1.63 bits per heavy atom. The van der Waals surface area contributed by atoms with Gasteiger partial charge in [-0.05, 0) is 42.0 Å². The van der Waals surface area contributed by atoms with Gasteiger partial charge in [-0.25, -0.2) is 4.79 Å². The third-order valence-electron chi connectivity index (χ3n) is 6.12. The standard InChI is InChI=1S/C27H26F3N5O3/c28-27(29,30)20-9-11-21(12-10-20)33-26(38)34-14-15-35(24(36)16-19-6-2-1-3-7-19)23(18-34)25(37)32-17-22-8-4-5-13-31-22/h1-13,23H,14-18H2,(H,32,37)(H,33,38). The smallest absolute Gasteiger partial charge is 0.349 e. The molecule has 0 aliphatic carbocycles. The minimum atomic E-state index is -4.49. The summed E-state index contributed by atoms with van der Waals surface area (Å²) in [6, 6.07) is 17.0. The maximum Gasteiger partial charge on any atom is 0.416 e. The number of urea groups is 1. The van der Waals surface area contributed by atoms with E-state index in [-0.39, 0.29) is 44.2 Å². The zero-order valence-electron chi connectivity index (χ0n) is 20.3. The van der Waals surface area contributed by atoms with Crippen molar-refractivity contribution in [2.24, 2.45) is 0 Å². The Hall–Kier alpha value is -4.41. The van der Waals surface area contributed by atoms with Crippen LogP contribution in [0.15, 0.2) is 79.0 Å². The van der Waals surface area contributed by atoms with Gasteiger partial charge in [0.25, 0.3) is 0 Å². The molecule has 38 heavy (non-hydrogen) atoms. The number of amides is 4. The number of hydrogen-bond donors (Lipinski definition) is 2. The lowest BCUT2D eigenvalue weighted by Crippen LogP contribution is -2.62. The highest BCUT2D eigenvalue weighted by Crippen LogP contribution is 2.30. The highest BCUT2D eigenvalue weighted by molar-refractivity contribution is 5.92. The molecule has 1 fully saturated rings. The molecule has 1 unspecified atom stereocenters. The molecule has 1 saturated heterocycles. The Kier molecular flexibility index (Phi) is 8.25. The lowest BCUT2D eigenvalue weighted by atomic mass is 10.1. The third kappa shape index (κ3) is 6.87. The van der Waals surface area contributed by atoms with Crippen molar-refractivity contribution >= 4 is 23.5 Å². The molecule has 2 aromatic carbocycles. The quantitative estimate of drug-likeness (QED) is 0.513. The molecule has 198 valence electrons. The van der Waals surface area contributed by atoms with Gasteiger partial charge in [0.15, 0.2) is 0 Å². The maximum atomic E-state index is 13.2. The van der Waals surface area contributed by atoms with Crippen LogP contribution >= 0.6 is 0 Å². The number of carbonyl (C=O) groups excluding carboxylic acids is 3. The number of benzene rings is 2. The summed E-state index contributed by atoms with van der Waals surface area (Å²) in [5.74, 6) is -0.693. The van der Waals surface area contributed by atoms with Gasteiger partial charge in [-0.1, -0.05) is 36.4 Å². The zero-order chi connectivity index (χ0) is 27.1. The second-order valence-corrected chi connectivity index (χ2v) is 8.76. The van der Waals surface area contributed by atoms with Crippen LogP contribution in [0.3, 0.4) is 0 Å². The molecule has 0 radical (unpaired) electrons. The SMILES string of the molecule is O=C(NCc1ccccn1)C1CN(C(=O)Nc2ccc(C(F)(F)F)cc2)CCN1C(=O)Cc1ccccc1. The van der Waals surface area contributed by atoms with Gasteiger partial charge in [-0.15, -0.1) is 0 Å². The second-order valence-electron chi connectivity index (χ2n) is 8.76. The van der Waals surface area contributed by atoms with Gasteiger partial charge in [0, 0.05) is 25.0 Å². The number of pyridine rings is 1. The first-order valence-electron chi connectivity index (χ1n) is 11.9. The molecule has 1 aliphatic heterocycles. The Labute approximate surface area is 217 Å². The number of piperazine rings is 1. The molecular weight excluding hydrogens is 499 g/mol. The van der Waals surface area contributed by atoms with E-state index in [4.69, 9.17) is 0 Å². The zero-order valence-corrected chi connectivity index (χ0v) is 20.3. The minimum absolute atomic E-state index is 0.0823. The second kappa shape index (κ2) is 11.8. The molecule has 2 heterocycles. The first-order valence-corrected chi connectivity index (χ1v) is 11.9. The number of nitrogens with zero attached hydrogens (tertiary/aromatic N) is 3. The van der Waals surface area contributed by atoms with Gasteiger partial charge in [-0.2, -0.15) is 13.2 Å². The van der Waals surface area contributed by atoms with E-state index >= 15 is 0 Å². The lowest BCUT2D eigenvalue weighted by molar-refractivity contribution is -0.142. The first-order chi connectivity index (χ1) is 18.2. The summed E-state index contributed by atoms with van der Waals surface area (Å²) in [7, 11) is 0. The summed E-state index contributed by atoms with van der Waals surface area (Å²) in [6.07, 6.45) is -2.78. The third-order valence-corrected chi connectivity index (χ3v) is 6.12. The predicted molar refractivity (Wildman–Crippen MR) is 134 cm³/mol. The summed E-state index contributed by atoms with van der Waals surface area (Å²) < 4.78 is 38.5. The van der Waals surface area contributed by atoms with Crippen molar-refractivity contribution in [3.05, 3.63) is 95.8 Å². The number of aromatic nitrogens is 1. The van der Waals surface area contributed by atoms with Gasteiger partial charge in [0.2, 0.25) is 11.8 Å². The van der Waals surface area contributed by atoms with E-state index in [1.807, 2.05) is 30.3 Å². The molecule has 11 heteroatoms. The fourth-order valence-corrected chi connectivity index (χ4v) is 4.11. The summed E-state index contributed by atoms with van der Waals surface area (Å²) in [6.45, 7) is 0.334. The molecule has 4 amide bonds. The Morgan fingerprint density at radius 1 is 0.921 bits per heavy atom. The van der Waals surface area contributed by atoms with Crippen LogP contribution in [0.25, 0.3) is 0 Å². The largest absolute Gasteiger partial charge is 0.416 e. The fraction of sp³-hybridized carbons (Fsp3) is 0.259. The normalized spacial score (nSPS) is 15.6. The van der Waals surface area contributed by atoms with Gasteiger partial charge in [0.05, 0.1) is 30.8 Å². The summed E-state index contributed by atoms with van der Waals surface area (Å²) in [4.78, 5) is 46.3. The summed E-state index contributed by atoms with van der Waals surface area (Å²) >= 11 is 0. The summed E-state index contributed by atoms with van der Waals surface area (Å²) in [5.41, 5.74) is 0.788. The Morgan fingerprint density at radius 3 is 2.29 bits per heavy atom. The summed E-state index contributed by atoms with van der Waals surface area (Å²) in [5, 5.41) is 5.35. The van der Waals surface area contributed by atoms with E-state index in [1.165, 1.54) is 9.80 Å². The van der Waals surface area contributed by atoms with Gasteiger partial charge >= 0.3 is 12.2 Å². The van der Waals surface area contributed by atoms with Crippen molar-refractivity contribution in [3.63, 3.8) is 0 Å². The molecule has 4 rings (SSSR count). The van der Waals surface area contributed by atoms with Crippen LogP contribution in [-0.4, -0.2) is 58.3 Å². The highest BCUT2D eigenvalue weighted by Gasteiger charge is 2.37. The molecule has 0 saturated carbocycles. The van der Waals surface area contributed by atoms with Crippen LogP contribution in [-0.2, 0) is 28.7 Å². The molecule has 0 spiro atoms. The van der Waals surface area contributed by atoms with Crippen LogP contribution < -0.4 is 10.6 Å². The number of anilines is 1. The van der Waals surface area contributed by atoms with Crippen molar-refractivity contribution in [2.75, 3.05) is 25.0 Å². The number of alkyl halides is 3. The van der Waals surface area contributed by atoms with Gasteiger partial charge in [-0.3, -0.25) is 14.6 Å². The molecule has 3 aromatic rings. The Balaban J connectivity index is 1.45. The molecule has 2 N–H and O–H groups in total. The van der Waals surface area contributed by atoms with Crippen molar-refractivity contribution in [3.8, 4) is 0 Å². The number of carbonyl (C=O) groups is 3. The van der Waals surface area contributed by atoms with Crippen molar-refractivity contribution in [1.29, 1.82) is 0 Å². The number of hydrogen-bond acceptors (Lipinski definition) is 4. The topological polar surface area (TPSA) is 94.6 Å². The fourth-order valence-electron chi connectivity index (χ4n) is 4.11. The average Bonchev–Trinajstić information content (AvgIpc) is 2.92. The highest BCUT2D eigenvalue weighted by atomic mass is 19.4.